The second-order valence-corrected chi connectivity index (χ2v) is 6.02. The predicted octanol–water partition coefficient (Wildman–Crippen LogP) is 3.40. The predicted molar refractivity (Wildman–Crippen MR) is 107 cm³/mol. The van der Waals surface area contributed by atoms with Crippen molar-refractivity contribution in [2.45, 2.75) is 0 Å². The van der Waals surface area contributed by atoms with Crippen molar-refractivity contribution in [3.8, 4) is 17.0 Å². The number of benzene rings is 2. The highest BCUT2D eigenvalue weighted by molar-refractivity contribution is 6.00. The van der Waals surface area contributed by atoms with Crippen LogP contribution < -0.4 is 10.2 Å². The molecule has 0 saturated carbocycles. The molecule has 28 heavy (non-hydrogen) atoms. The van der Waals surface area contributed by atoms with Gasteiger partial charge in [0, 0.05) is 18.0 Å². The van der Waals surface area contributed by atoms with E-state index in [1.54, 1.807) is 31.6 Å². The molecule has 1 amide bonds. The Bertz CT molecular complexity index is 1150. The number of aromatic nitrogens is 3. The highest BCUT2D eigenvalue weighted by Crippen LogP contribution is 2.36. The first-order valence-corrected chi connectivity index (χ1v) is 8.61. The lowest BCUT2D eigenvalue weighted by Crippen LogP contribution is -2.18. The fourth-order valence-corrected chi connectivity index (χ4v) is 2.93. The fraction of sp³-hybridized carbons (Fsp3) is 0.0476. The molecule has 2 heterocycles. The lowest BCUT2D eigenvalue weighted by molar-refractivity contribution is 0.0950. The van der Waals surface area contributed by atoms with E-state index >= 15 is 0 Å². The number of H-pyrrole nitrogens is 1. The Kier molecular flexibility index (Phi) is 4.79. The number of nitrogens with one attached hydrogen (secondary N) is 2. The van der Waals surface area contributed by atoms with Crippen LogP contribution in [-0.2, 0) is 0 Å². The van der Waals surface area contributed by atoms with Crippen molar-refractivity contribution in [2.24, 2.45) is 5.10 Å². The van der Waals surface area contributed by atoms with Crippen molar-refractivity contribution in [2.75, 3.05) is 7.11 Å². The van der Waals surface area contributed by atoms with Crippen LogP contribution in [0.1, 0.15) is 16.1 Å². The first kappa shape index (κ1) is 17.4. The Morgan fingerprint density at radius 1 is 1.18 bits per heavy atom. The second-order valence-electron chi connectivity index (χ2n) is 6.02. The van der Waals surface area contributed by atoms with Crippen LogP contribution in [0, 0.1) is 0 Å². The minimum absolute atomic E-state index is 0.299. The van der Waals surface area contributed by atoms with Gasteiger partial charge in [-0.3, -0.25) is 14.9 Å². The van der Waals surface area contributed by atoms with Gasteiger partial charge < -0.3 is 4.74 Å². The molecular weight excluding hydrogens is 354 g/mol. The number of fused-ring (bicyclic) bond motifs is 1. The molecule has 138 valence electrons. The van der Waals surface area contributed by atoms with E-state index in [1.807, 2.05) is 42.5 Å². The number of aromatic amines is 1. The number of ether oxygens (including phenoxy) is 1. The molecule has 0 saturated heterocycles. The zero-order valence-corrected chi connectivity index (χ0v) is 15.1. The molecule has 7 nitrogen and oxygen atoms in total. The van der Waals surface area contributed by atoms with Gasteiger partial charge in [-0.25, -0.2) is 5.43 Å². The number of pyridine rings is 1. The van der Waals surface area contributed by atoms with Crippen LogP contribution in [0.3, 0.4) is 0 Å². The summed E-state index contributed by atoms with van der Waals surface area (Å²) < 4.78 is 5.51. The van der Waals surface area contributed by atoms with Crippen LogP contribution in [0.25, 0.3) is 22.0 Å². The van der Waals surface area contributed by atoms with E-state index in [4.69, 9.17) is 4.74 Å². The third-order valence-electron chi connectivity index (χ3n) is 4.25. The standard InChI is InChI=1S/C21H17N5O2/c1-28-19-9-8-15-6-2-3-7-16(15)20(19)17-11-18(25-24-17)21(27)26-23-13-14-5-4-10-22-12-14/h2-13H,1H3,(H,24,25)(H,26,27). The van der Waals surface area contributed by atoms with E-state index in [0.717, 1.165) is 21.9 Å². The summed E-state index contributed by atoms with van der Waals surface area (Å²) in [7, 11) is 1.61. The van der Waals surface area contributed by atoms with E-state index in [2.05, 4.69) is 25.7 Å². The van der Waals surface area contributed by atoms with Crippen molar-refractivity contribution in [3.05, 3.63) is 78.2 Å². The molecule has 0 aliphatic rings. The number of amides is 1. The van der Waals surface area contributed by atoms with Crippen molar-refractivity contribution >= 4 is 22.9 Å². The lowest BCUT2D eigenvalue weighted by atomic mass is 10.0. The maximum absolute atomic E-state index is 12.4. The molecule has 0 fully saturated rings. The maximum atomic E-state index is 12.4. The van der Waals surface area contributed by atoms with Gasteiger partial charge in [-0.15, -0.1) is 0 Å². The number of nitrogens with zero attached hydrogens (tertiary/aromatic N) is 3. The summed E-state index contributed by atoms with van der Waals surface area (Å²) in [6, 6.07) is 17.1. The molecule has 2 aromatic carbocycles. The van der Waals surface area contributed by atoms with Crippen LogP contribution >= 0.6 is 0 Å². The van der Waals surface area contributed by atoms with Crippen molar-refractivity contribution in [3.63, 3.8) is 0 Å². The number of carbonyl (C=O) groups is 1. The smallest absolute Gasteiger partial charge is 0.289 e. The molecule has 0 radical (unpaired) electrons. The highest BCUT2D eigenvalue weighted by Gasteiger charge is 2.16. The maximum Gasteiger partial charge on any atom is 0.289 e. The quantitative estimate of drug-likeness (QED) is 0.415. The normalized spacial score (nSPS) is 11.0. The number of rotatable bonds is 5. The molecule has 4 aromatic rings. The summed E-state index contributed by atoms with van der Waals surface area (Å²) in [4.78, 5) is 16.3. The number of carbonyl (C=O) groups excluding carboxylic acids is 1. The topological polar surface area (TPSA) is 92.3 Å². The van der Waals surface area contributed by atoms with Gasteiger partial charge in [0.25, 0.3) is 5.91 Å². The average molecular weight is 371 g/mol. The van der Waals surface area contributed by atoms with Crippen molar-refractivity contribution < 1.29 is 9.53 Å². The Labute approximate surface area is 161 Å². The van der Waals surface area contributed by atoms with Crippen LogP contribution in [-0.4, -0.2) is 34.4 Å². The van der Waals surface area contributed by atoms with E-state index in [9.17, 15) is 4.79 Å². The van der Waals surface area contributed by atoms with E-state index in [1.165, 1.54) is 6.21 Å². The summed E-state index contributed by atoms with van der Waals surface area (Å²) in [6.45, 7) is 0. The Morgan fingerprint density at radius 2 is 2.07 bits per heavy atom. The summed E-state index contributed by atoms with van der Waals surface area (Å²) in [5, 5.41) is 13.1. The summed E-state index contributed by atoms with van der Waals surface area (Å²) in [6.07, 6.45) is 4.84. The van der Waals surface area contributed by atoms with E-state index < -0.39 is 5.91 Å². The highest BCUT2D eigenvalue weighted by atomic mass is 16.5. The monoisotopic (exact) mass is 371 g/mol. The molecule has 0 aliphatic carbocycles. The fourth-order valence-electron chi connectivity index (χ4n) is 2.93. The second kappa shape index (κ2) is 7.71. The molecule has 0 atom stereocenters. The summed E-state index contributed by atoms with van der Waals surface area (Å²) >= 11 is 0. The van der Waals surface area contributed by atoms with Gasteiger partial charge in [0.2, 0.25) is 0 Å². The summed E-state index contributed by atoms with van der Waals surface area (Å²) in [5.41, 5.74) is 5.01. The van der Waals surface area contributed by atoms with Gasteiger partial charge in [0.15, 0.2) is 0 Å². The van der Waals surface area contributed by atoms with Crippen molar-refractivity contribution in [1.29, 1.82) is 0 Å². The molecule has 7 heteroatoms. The SMILES string of the molecule is COc1ccc2ccccc2c1-c1cc(C(=O)NN=Cc2cccnc2)[nH]n1. The largest absolute Gasteiger partial charge is 0.496 e. The van der Waals surface area contributed by atoms with Crippen LogP contribution in [0.5, 0.6) is 5.75 Å². The van der Waals surface area contributed by atoms with Gasteiger partial charge in [-0.05, 0) is 29.0 Å². The van der Waals surface area contributed by atoms with Gasteiger partial charge in [0.1, 0.15) is 11.4 Å². The summed E-state index contributed by atoms with van der Waals surface area (Å²) in [5.74, 6) is 0.296. The van der Waals surface area contributed by atoms with Crippen LogP contribution in [0.4, 0.5) is 0 Å². The van der Waals surface area contributed by atoms with Gasteiger partial charge in [-0.2, -0.15) is 10.2 Å². The Hall–Kier alpha value is -4.00. The first-order chi connectivity index (χ1) is 13.8. The Balaban J connectivity index is 1.60. The molecule has 0 spiro atoms. The van der Waals surface area contributed by atoms with Crippen LogP contribution in [0.2, 0.25) is 0 Å². The zero-order valence-electron chi connectivity index (χ0n) is 15.1. The van der Waals surface area contributed by atoms with E-state index in [-0.39, 0.29) is 0 Å². The van der Waals surface area contributed by atoms with Gasteiger partial charge in [-0.1, -0.05) is 36.4 Å². The first-order valence-electron chi connectivity index (χ1n) is 8.61. The number of hydrogen-bond donors (Lipinski definition) is 2. The third kappa shape index (κ3) is 3.45. The number of hydrazone groups is 1. The molecule has 0 unspecified atom stereocenters. The molecule has 2 aromatic heterocycles. The molecule has 0 bridgehead atoms. The lowest BCUT2D eigenvalue weighted by Gasteiger charge is -2.09. The molecular formula is C21H17N5O2. The van der Waals surface area contributed by atoms with Gasteiger partial charge in [0.05, 0.1) is 24.6 Å². The van der Waals surface area contributed by atoms with Crippen molar-refractivity contribution in [1.82, 2.24) is 20.6 Å². The molecule has 0 aliphatic heterocycles. The minimum Gasteiger partial charge on any atom is -0.496 e. The molecule has 2 N–H and O–H groups in total. The number of methoxy groups -OCH3 is 1. The van der Waals surface area contributed by atoms with Gasteiger partial charge >= 0.3 is 0 Å². The number of hydrogen-bond acceptors (Lipinski definition) is 5. The van der Waals surface area contributed by atoms with Crippen LogP contribution in [0.15, 0.2) is 72.1 Å². The average Bonchev–Trinajstić information content (AvgIpc) is 3.23. The Morgan fingerprint density at radius 3 is 2.89 bits per heavy atom. The third-order valence-corrected chi connectivity index (χ3v) is 4.25. The minimum atomic E-state index is -0.391. The zero-order chi connectivity index (χ0) is 19.3. The van der Waals surface area contributed by atoms with E-state index in [0.29, 0.717) is 17.1 Å². The molecule has 4 rings (SSSR count).